The molecule has 5 heteroatoms. The van der Waals surface area contributed by atoms with Crippen molar-refractivity contribution in [3.63, 3.8) is 0 Å². The van der Waals surface area contributed by atoms with E-state index >= 15 is 0 Å². The maximum Gasteiger partial charge on any atom is 0.329 e. The van der Waals surface area contributed by atoms with Gasteiger partial charge in [0.25, 0.3) is 0 Å². The van der Waals surface area contributed by atoms with Crippen LogP contribution in [0.15, 0.2) is 18.5 Å². The quantitative estimate of drug-likeness (QED) is 0.870. The summed E-state index contributed by atoms with van der Waals surface area (Å²) in [7, 11) is 0. The van der Waals surface area contributed by atoms with Crippen molar-refractivity contribution in [2.45, 2.75) is 53.5 Å². The Morgan fingerprint density at radius 3 is 2.52 bits per heavy atom. The summed E-state index contributed by atoms with van der Waals surface area (Å²) >= 11 is 0. The van der Waals surface area contributed by atoms with Crippen LogP contribution < -0.4 is 10.8 Å². The van der Waals surface area contributed by atoms with Gasteiger partial charge in [0.15, 0.2) is 0 Å². The molecule has 114 valence electrons. The third-order valence-corrected chi connectivity index (χ3v) is 4.69. The number of aromatic nitrogens is 1. The van der Waals surface area contributed by atoms with E-state index in [0.717, 1.165) is 17.5 Å². The van der Waals surface area contributed by atoms with Gasteiger partial charge in [-0.25, -0.2) is 0 Å². The molecule has 0 spiro atoms. The van der Waals surface area contributed by atoms with E-state index in [1.54, 1.807) is 6.20 Å². The molecule has 0 aliphatic carbocycles. The van der Waals surface area contributed by atoms with Gasteiger partial charge in [0.2, 0.25) is 5.91 Å². The highest BCUT2D eigenvalue weighted by molar-refractivity contribution is 6.68. The number of nitrogens with zero attached hydrogens (tertiary/aromatic N) is 1. The molecule has 2 rings (SSSR count). The first-order chi connectivity index (χ1) is 9.62. The number of hydrogen-bond acceptors (Lipinski definition) is 3. The summed E-state index contributed by atoms with van der Waals surface area (Å²) in [6, 6.07) is 1.97. The van der Waals surface area contributed by atoms with E-state index in [4.69, 9.17) is 4.65 Å². The third kappa shape index (κ3) is 3.29. The van der Waals surface area contributed by atoms with E-state index in [1.807, 2.05) is 26.1 Å². The van der Waals surface area contributed by atoms with E-state index in [-0.39, 0.29) is 29.8 Å². The van der Waals surface area contributed by atoms with Crippen molar-refractivity contribution in [2.24, 2.45) is 11.3 Å². The smallest absolute Gasteiger partial charge is 0.329 e. The van der Waals surface area contributed by atoms with Gasteiger partial charge in [0.1, 0.15) is 0 Å². The minimum atomic E-state index is -0.172. The number of rotatable bonds is 3. The molecule has 1 fully saturated rings. The number of carbonyl (C=O) groups is 1. The molecule has 0 bridgehead atoms. The van der Waals surface area contributed by atoms with E-state index in [2.05, 4.69) is 38.0 Å². The van der Waals surface area contributed by atoms with Gasteiger partial charge in [-0.1, -0.05) is 27.7 Å². The van der Waals surface area contributed by atoms with Crippen molar-refractivity contribution in [3.05, 3.63) is 18.5 Å². The first-order valence-electron chi connectivity index (χ1n) is 7.56. The van der Waals surface area contributed by atoms with Gasteiger partial charge >= 0.3 is 6.92 Å². The van der Waals surface area contributed by atoms with Crippen LogP contribution in [0.1, 0.15) is 41.5 Å². The summed E-state index contributed by atoms with van der Waals surface area (Å²) in [4.78, 5) is 16.0. The molecular formula is C16H25BN2O2. The molecule has 0 atom stereocenters. The van der Waals surface area contributed by atoms with Crippen molar-refractivity contribution in [3.8, 4) is 0 Å². The lowest BCUT2D eigenvalue weighted by Gasteiger charge is -2.34. The van der Waals surface area contributed by atoms with Crippen molar-refractivity contribution >= 4 is 24.0 Å². The molecular weight excluding hydrogens is 263 g/mol. The molecule has 1 aromatic heterocycles. The Kier molecular flexibility index (Phi) is 4.16. The highest BCUT2D eigenvalue weighted by Crippen LogP contribution is 2.45. The molecule has 1 aliphatic rings. The highest BCUT2D eigenvalue weighted by atomic mass is 16.5. The zero-order valence-corrected chi connectivity index (χ0v) is 13.9. The Morgan fingerprint density at radius 1 is 1.33 bits per heavy atom. The molecule has 0 saturated carbocycles. The van der Waals surface area contributed by atoms with Gasteiger partial charge in [-0.3, -0.25) is 9.78 Å². The minimum Gasteiger partial charge on any atom is -0.425 e. The zero-order chi connectivity index (χ0) is 15.8. The summed E-state index contributed by atoms with van der Waals surface area (Å²) in [5.41, 5.74) is 1.69. The van der Waals surface area contributed by atoms with Crippen LogP contribution >= 0.6 is 0 Å². The monoisotopic (exact) mass is 288 g/mol. The van der Waals surface area contributed by atoms with E-state index in [9.17, 15) is 4.79 Å². The number of carbonyl (C=O) groups excluding carboxylic acids is 1. The van der Waals surface area contributed by atoms with Gasteiger partial charge < -0.3 is 9.97 Å². The van der Waals surface area contributed by atoms with Crippen LogP contribution in [-0.2, 0) is 9.45 Å². The van der Waals surface area contributed by atoms with Gasteiger partial charge in [0.05, 0.1) is 17.5 Å². The predicted molar refractivity (Wildman–Crippen MR) is 86.8 cm³/mol. The van der Waals surface area contributed by atoms with Gasteiger partial charge in [-0.05, 0) is 37.1 Å². The molecule has 1 amide bonds. The molecule has 21 heavy (non-hydrogen) atoms. The first kappa shape index (κ1) is 16.0. The highest BCUT2D eigenvalue weighted by Gasteiger charge is 2.49. The Hall–Kier alpha value is -1.36. The standard InChI is InChI=1S/C16H25BN2O2/c1-11(2)14(20)19-13-7-12(8-18-9-13)17-10-15(3,4)16(5,6)21-17/h7-9,11H,10H2,1-6H3,(H,19,20). The Balaban J connectivity index is 2.18. The molecule has 0 unspecified atom stereocenters. The normalized spacial score (nSPS) is 19.9. The fourth-order valence-electron chi connectivity index (χ4n) is 2.44. The van der Waals surface area contributed by atoms with Crippen LogP contribution in [0.4, 0.5) is 5.69 Å². The van der Waals surface area contributed by atoms with Crippen molar-refractivity contribution < 1.29 is 9.45 Å². The Morgan fingerprint density at radius 2 is 2.00 bits per heavy atom. The lowest BCUT2D eigenvalue weighted by Crippen LogP contribution is -2.36. The van der Waals surface area contributed by atoms with E-state index in [1.165, 1.54) is 0 Å². The van der Waals surface area contributed by atoms with Crippen LogP contribution in [-0.4, -0.2) is 23.4 Å². The summed E-state index contributed by atoms with van der Waals surface area (Å²) < 4.78 is 6.20. The molecule has 0 radical (unpaired) electrons. The van der Waals surface area contributed by atoms with Gasteiger partial charge in [0, 0.05) is 12.1 Å². The number of amides is 1. The topological polar surface area (TPSA) is 51.2 Å². The van der Waals surface area contributed by atoms with Crippen LogP contribution in [0.5, 0.6) is 0 Å². The fraction of sp³-hybridized carbons (Fsp3) is 0.625. The Labute approximate surface area is 127 Å². The lowest BCUT2D eigenvalue weighted by atomic mass is 9.54. The second-order valence-electron chi connectivity index (χ2n) is 7.36. The zero-order valence-electron chi connectivity index (χ0n) is 13.9. The average molecular weight is 288 g/mol. The molecule has 1 aromatic rings. The van der Waals surface area contributed by atoms with Crippen molar-refractivity contribution in [2.75, 3.05) is 5.32 Å². The first-order valence-corrected chi connectivity index (χ1v) is 7.56. The molecule has 2 heterocycles. The third-order valence-electron chi connectivity index (χ3n) is 4.69. The van der Waals surface area contributed by atoms with E-state index in [0.29, 0.717) is 0 Å². The molecule has 0 aromatic carbocycles. The maximum absolute atomic E-state index is 11.8. The second-order valence-corrected chi connectivity index (χ2v) is 7.36. The molecule has 1 saturated heterocycles. The number of anilines is 1. The molecule has 4 nitrogen and oxygen atoms in total. The van der Waals surface area contributed by atoms with Crippen LogP contribution in [0.3, 0.4) is 0 Å². The van der Waals surface area contributed by atoms with Gasteiger partial charge in [-0.15, -0.1) is 0 Å². The van der Waals surface area contributed by atoms with E-state index < -0.39 is 0 Å². The van der Waals surface area contributed by atoms with Crippen LogP contribution in [0.25, 0.3) is 0 Å². The average Bonchev–Trinajstić information content (AvgIpc) is 2.58. The van der Waals surface area contributed by atoms with Crippen molar-refractivity contribution in [1.82, 2.24) is 4.98 Å². The fourth-order valence-corrected chi connectivity index (χ4v) is 2.44. The SMILES string of the molecule is CC(C)C(=O)Nc1cncc(B2CC(C)(C)C(C)(C)O2)c1. The summed E-state index contributed by atoms with van der Waals surface area (Å²) in [5, 5.41) is 2.89. The predicted octanol–water partition coefficient (Wildman–Crippen LogP) is 2.71. The molecule has 1 aliphatic heterocycles. The molecule has 1 N–H and O–H groups in total. The van der Waals surface area contributed by atoms with Gasteiger partial charge in [-0.2, -0.15) is 0 Å². The second kappa shape index (κ2) is 5.45. The maximum atomic E-state index is 11.8. The lowest BCUT2D eigenvalue weighted by molar-refractivity contribution is -0.118. The van der Waals surface area contributed by atoms with Crippen LogP contribution in [0, 0.1) is 11.3 Å². The number of pyridine rings is 1. The number of hydrogen-bond donors (Lipinski definition) is 1. The van der Waals surface area contributed by atoms with Crippen LogP contribution in [0.2, 0.25) is 6.32 Å². The summed E-state index contributed by atoms with van der Waals surface area (Å²) in [6.45, 7) is 12.5. The Bertz CT molecular complexity index is 525. The largest absolute Gasteiger partial charge is 0.425 e. The van der Waals surface area contributed by atoms with Crippen molar-refractivity contribution in [1.29, 1.82) is 0 Å². The summed E-state index contributed by atoms with van der Waals surface area (Å²) in [6.07, 6.45) is 4.45. The minimum absolute atomic E-state index is 0.00181. The number of nitrogens with one attached hydrogen (secondary N) is 1. The summed E-state index contributed by atoms with van der Waals surface area (Å²) in [5.74, 6) is -0.0452.